The lowest BCUT2D eigenvalue weighted by atomic mass is 9.75. The molecule has 2 N–H and O–H groups in total. The molecule has 10 heteroatoms. The van der Waals surface area contributed by atoms with E-state index < -0.39 is 11.7 Å². The van der Waals surface area contributed by atoms with Crippen molar-refractivity contribution in [2.24, 2.45) is 5.41 Å². The van der Waals surface area contributed by atoms with Crippen LogP contribution in [-0.2, 0) is 6.54 Å². The Morgan fingerprint density at radius 2 is 2.00 bits per heavy atom. The number of hydrogen-bond acceptors (Lipinski definition) is 6. The van der Waals surface area contributed by atoms with E-state index in [2.05, 4.69) is 25.3 Å². The standard InChI is InChI=1S/C22H25BrN4O4S/c1-21(2,3)15-10-22(31,8-9-27(15)20(29)30)11-26-12-24-17-16(25-32-18(17)19(26)28)13-4-6-14(23)7-5-13/h4-7,12,15,31H,8-11H2,1-3H3,(H,29,30). The van der Waals surface area contributed by atoms with Crippen molar-refractivity contribution in [3.8, 4) is 11.3 Å². The Balaban J connectivity index is 1.64. The summed E-state index contributed by atoms with van der Waals surface area (Å²) in [6, 6.07) is 7.28. The van der Waals surface area contributed by atoms with Crippen LogP contribution in [0.1, 0.15) is 33.6 Å². The first-order valence-electron chi connectivity index (χ1n) is 10.3. The van der Waals surface area contributed by atoms with Gasteiger partial charge in [-0.1, -0.05) is 48.8 Å². The number of carboxylic acid groups (broad SMARTS) is 1. The second kappa shape index (κ2) is 8.24. The number of likely N-dealkylation sites (tertiary alicyclic amines) is 1. The largest absolute Gasteiger partial charge is 0.465 e. The summed E-state index contributed by atoms with van der Waals surface area (Å²) in [5.41, 5.74) is 0.260. The van der Waals surface area contributed by atoms with Crippen LogP contribution in [0, 0.1) is 5.41 Å². The highest BCUT2D eigenvalue weighted by atomic mass is 79.9. The Morgan fingerprint density at radius 3 is 2.62 bits per heavy atom. The molecule has 0 saturated carbocycles. The van der Waals surface area contributed by atoms with Gasteiger partial charge in [0.05, 0.1) is 18.5 Å². The Bertz CT molecular complexity index is 1220. The number of carbonyl (C=O) groups is 1. The first-order valence-corrected chi connectivity index (χ1v) is 11.9. The van der Waals surface area contributed by atoms with Crippen molar-refractivity contribution in [1.29, 1.82) is 0 Å². The summed E-state index contributed by atoms with van der Waals surface area (Å²) in [4.78, 5) is 30.7. The third kappa shape index (κ3) is 4.31. The van der Waals surface area contributed by atoms with E-state index in [0.29, 0.717) is 15.9 Å². The van der Waals surface area contributed by atoms with Crippen molar-refractivity contribution in [2.75, 3.05) is 6.54 Å². The van der Waals surface area contributed by atoms with E-state index in [1.54, 1.807) is 0 Å². The van der Waals surface area contributed by atoms with E-state index in [0.717, 1.165) is 21.6 Å². The Morgan fingerprint density at radius 1 is 1.31 bits per heavy atom. The molecule has 1 amide bonds. The summed E-state index contributed by atoms with van der Waals surface area (Å²) >= 11 is 4.51. The van der Waals surface area contributed by atoms with Crippen molar-refractivity contribution >= 4 is 43.8 Å². The first-order chi connectivity index (χ1) is 15.0. The number of aromatic nitrogens is 3. The van der Waals surface area contributed by atoms with Gasteiger partial charge in [-0.3, -0.25) is 9.36 Å². The van der Waals surface area contributed by atoms with Gasteiger partial charge in [-0.2, -0.15) is 4.37 Å². The van der Waals surface area contributed by atoms with E-state index in [9.17, 15) is 19.8 Å². The van der Waals surface area contributed by atoms with Gasteiger partial charge in [-0.15, -0.1) is 0 Å². The number of aliphatic hydroxyl groups is 1. The minimum atomic E-state index is -1.21. The van der Waals surface area contributed by atoms with Gasteiger partial charge in [-0.05, 0) is 41.9 Å². The Hall–Kier alpha value is -2.30. The number of nitrogens with zero attached hydrogens (tertiary/aromatic N) is 4. The average Bonchev–Trinajstić information content (AvgIpc) is 3.14. The molecule has 32 heavy (non-hydrogen) atoms. The van der Waals surface area contributed by atoms with Crippen molar-refractivity contribution in [2.45, 2.75) is 51.8 Å². The summed E-state index contributed by atoms with van der Waals surface area (Å²) in [7, 11) is 0. The molecule has 0 spiro atoms. The van der Waals surface area contributed by atoms with Crippen LogP contribution in [0.3, 0.4) is 0 Å². The van der Waals surface area contributed by atoms with Gasteiger partial charge in [0, 0.05) is 22.6 Å². The van der Waals surface area contributed by atoms with Crippen LogP contribution in [-0.4, -0.2) is 53.3 Å². The summed E-state index contributed by atoms with van der Waals surface area (Å²) in [5.74, 6) is 0. The molecule has 1 aliphatic rings. The zero-order valence-electron chi connectivity index (χ0n) is 18.1. The zero-order chi connectivity index (χ0) is 23.3. The molecule has 2 aromatic heterocycles. The Labute approximate surface area is 197 Å². The lowest BCUT2D eigenvalue weighted by Crippen LogP contribution is -2.58. The van der Waals surface area contributed by atoms with Crippen LogP contribution < -0.4 is 5.56 Å². The Kier molecular flexibility index (Phi) is 5.89. The summed E-state index contributed by atoms with van der Waals surface area (Å²) in [6.45, 7) is 6.15. The highest BCUT2D eigenvalue weighted by Crippen LogP contribution is 2.37. The lowest BCUT2D eigenvalue weighted by molar-refractivity contribution is -0.0738. The summed E-state index contributed by atoms with van der Waals surface area (Å²) in [6.07, 6.45) is 0.968. The molecule has 2 unspecified atom stereocenters. The topological polar surface area (TPSA) is 109 Å². The van der Waals surface area contributed by atoms with Crippen LogP contribution in [0.4, 0.5) is 4.79 Å². The quantitative estimate of drug-likeness (QED) is 0.535. The normalized spacial score (nSPS) is 21.8. The number of halogens is 1. The van der Waals surface area contributed by atoms with Crippen LogP contribution >= 0.6 is 27.5 Å². The monoisotopic (exact) mass is 520 g/mol. The predicted octanol–water partition coefficient (Wildman–Crippen LogP) is 4.20. The molecule has 3 heterocycles. The molecular formula is C22H25BrN4O4S. The van der Waals surface area contributed by atoms with E-state index in [-0.39, 0.29) is 42.9 Å². The molecule has 3 aromatic rings. The van der Waals surface area contributed by atoms with Gasteiger partial charge >= 0.3 is 6.09 Å². The number of benzene rings is 1. The molecule has 1 aliphatic heterocycles. The third-order valence-electron chi connectivity index (χ3n) is 6.04. The highest BCUT2D eigenvalue weighted by molar-refractivity contribution is 9.10. The number of piperidine rings is 1. The predicted molar refractivity (Wildman–Crippen MR) is 127 cm³/mol. The van der Waals surface area contributed by atoms with Gasteiger partial charge in [-0.25, -0.2) is 9.78 Å². The highest BCUT2D eigenvalue weighted by Gasteiger charge is 2.45. The molecule has 1 aromatic carbocycles. The zero-order valence-corrected chi connectivity index (χ0v) is 20.5. The van der Waals surface area contributed by atoms with Gasteiger partial charge in [0.2, 0.25) is 0 Å². The summed E-state index contributed by atoms with van der Waals surface area (Å²) < 4.78 is 7.26. The fourth-order valence-electron chi connectivity index (χ4n) is 4.29. The van der Waals surface area contributed by atoms with Crippen molar-refractivity contribution in [1.82, 2.24) is 18.8 Å². The van der Waals surface area contributed by atoms with Crippen LogP contribution in [0.25, 0.3) is 21.5 Å². The van der Waals surface area contributed by atoms with Crippen molar-refractivity contribution < 1.29 is 15.0 Å². The second-order valence-electron chi connectivity index (χ2n) is 9.43. The molecule has 4 rings (SSSR count). The van der Waals surface area contributed by atoms with Crippen molar-refractivity contribution in [3.63, 3.8) is 0 Å². The fourth-order valence-corrected chi connectivity index (χ4v) is 5.36. The summed E-state index contributed by atoms with van der Waals surface area (Å²) in [5, 5.41) is 20.9. The van der Waals surface area contributed by atoms with E-state index in [1.165, 1.54) is 15.8 Å². The number of rotatable bonds is 3. The van der Waals surface area contributed by atoms with Crippen LogP contribution in [0.5, 0.6) is 0 Å². The van der Waals surface area contributed by atoms with Crippen LogP contribution in [0.15, 0.2) is 39.9 Å². The minimum absolute atomic E-state index is 0.0559. The van der Waals surface area contributed by atoms with Gasteiger partial charge < -0.3 is 15.1 Å². The van der Waals surface area contributed by atoms with Gasteiger partial charge in [0.1, 0.15) is 15.9 Å². The fraction of sp³-hybridized carbons (Fsp3) is 0.455. The molecule has 170 valence electrons. The average molecular weight is 521 g/mol. The molecule has 0 bridgehead atoms. The van der Waals surface area contributed by atoms with Crippen molar-refractivity contribution in [3.05, 3.63) is 45.4 Å². The number of amides is 1. The van der Waals surface area contributed by atoms with E-state index in [4.69, 9.17) is 0 Å². The SMILES string of the molecule is CC(C)(C)C1CC(O)(Cn2cnc3c(-c4ccc(Br)cc4)nsc3c2=O)CCN1C(=O)O. The number of fused-ring (bicyclic) bond motifs is 1. The molecule has 1 saturated heterocycles. The smallest absolute Gasteiger partial charge is 0.407 e. The molecular weight excluding hydrogens is 496 g/mol. The van der Waals surface area contributed by atoms with Crippen LogP contribution in [0.2, 0.25) is 0 Å². The van der Waals surface area contributed by atoms with Gasteiger partial charge in [0.25, 0.3) is 5.56 Å². The molecule has 1 fully saturated rings. The lowest BCUT2D eigenvalue weighted by Gasteiger charge is -2.48. The number of hydrogen-bond donors (Lipinski definition) is 2. The maximum Gasteiger partial charge on any atom is 0.407 e. The van der Waals surface area contributed by atoms with E-state index >= 15 is 0 Å². The minimum Gasteiger partial charge on any atom is -0.465 e. The maximum absolute atomic E-state index is 13.2. The van der Waals surface area contributed by atoms with E-state index in [1.807, 2.05) is 45.0 Å². The maximum atomic E-state index is 13.2. The van der Waals surface area contributed by atoms with Gasteiger partial charge in [0.15, 0.2) is 0 Å². The molecule has 2 atom stereocenters. The second-order valence-corrected chi connectivity index (χ2v) is 11.1. The molecule has 0 aliphatic carbocycles. The molecule has 0 radical (unpaired) electrons. The third-order valence-corrected chi connectivity index (χ3v) is 7.40. The molecule has 8 nitrogen and oxygen atoms in total. The first kappa shape index (κ1) is 22.9.